The van der Waals surface area contributed by atoms with Gasteiger partial charge in [0, 0.05) is 5.56 Å². The molecule has 0 aliphatic carbocycles. The lowest BCUT2D eigenvalue weighted by atomic mass is 10.2. The van der Waals surface area contributed by atoms with Crippen LogP contribution in [0.15, 0.2) is 41.6 Å². The molecule has 1 aliphatic rings. The third kappa shape index (κ3) is 2.19. The van der Waals surface area contributed by atoms with Crippen LogP contribution in [0.5, 0.6) is 5.75 Å². The van der Waals surface area contributed by atoms with Crippen molar-refractivity contribution in [3.8, 4) is 17.1 Å². The van der Waals surface area contributed by atoms with Crippen molar-refractivity contribution in [1.29, 1.82) is 0 Å². The lowest BCUT2D eigenvalue weighted by molar-refractivity contribution is 0.415. The van der Waals surface area contributed by atoms with Gasteiger partial charge in [-0.2, -0.15) is 0 Å². The van der Waals surface area contributed by atoms with Crippen LogP contribution in [0.4, 0.5) is 0 Å². The maximum Gasteiger partial charge on any atom is 0.212 e. The summed E-state index contributed by atoms with van der Waals surface area (Å²) in [5, 5.41) is 9.52. The van der Waals surface area contributed by atoms with E-state index >= 15 is 0 Å². The smallest absolute Gasteiger partial charge is 0.212 e. The normalized spacial score (nSPS) is 17.5. The second-order valence-electron chi connectivity index (χ2n) is 4.06. The number of nitrogens with zero attached hydrogens (tertiary/aromatic N) is 3. The first kappa shape index (κ1) is 12.1. The fourth-order valence-corrected chi connectivity index (χ4v) is 2.87. The zero-order chi connectivity index (χ0) is 13.2. The molecule has 1 N–H and O–H groups in total. The second-order valence-corrected chi connectivity index (χ2v) is 5.17. The summed E-state index contributed by atoms with van der Waals surface area (Å²) in [6.45, 7) is 2.01. The summed E-state index contributed by atoms with van der Waals surface area (Å²) in [4.78, 5) is 0. The summed E-state index contributed by atoms with van der Waals surface area (Å²) in [5.41, 5.74) is 4.36. The molecule has 1 aliphatic heterocycles. The van der Waals surface area contributed by atoms with Gasteiger partial charge >= 0.3 is 0 Å². The van der Waals surface area contributed by atoms with Gasteiger partial charge in [0.2, 0.25) is 5.16 Å². The molecule has 1 atom stereocenters. The van der Waals surface area contributed by atoms with E-state index in [1.165, 1.54) is 0 Å². The van der Waals surface area contributed by atoms with Crippen molar-refractivity contribution in [3.63, 3.8) is 0 Å². The molecule has 1 aromatic heterocycles. The van der Waals surface area contributed by atoms with Gasteiger partial charge in [0.1, 0.15) is 11.1 Å². The molecular weight excluding hydrogens is 260 g/mol. The minimum atomic E-state index is 0.215. The zero-order valence-corrected chi connectivity index (χ0v) is 11.5. The number of hydrogen-bond acceptors (Lipinski definition) is 5. The number of benzene rings is 1. The number of rotatable bonds is 3. The van der Waals surface area contributed by atoms with Crippen molar-refractivity contribution in [2.24, 2.45) is 0 Å². The Balaban J connectivity index is 1.91. The number of ether oxygens (including phenoxy) is 1. The minimum Gasteiger partial charge on any atom is -0.497 e. The highest BCUT2D eigenvalue weighted by Gasteiger charge is 2.24. The molecule has 0 unspecified atom stereocenters. The first-order chi connectivity index (χ1) is 9.31. The molecule has 0 saturated carbocycles. The Morgan fingerprint density at radius 2 is 2.11 bits per heavy atom. The monoisotopic (exact) mass is 274 g/mol. The van der Waals surface area contributed by atoms with Gasteiger partial charge in [-0.05, 0) is 31.2 Å². The first-order valence-electron chi connectivity index (χ1n) is 5.97. The van der Waals surface area contributed by atoms with E-state index in [9.17, 15) is 0 Å². The molecule has 0 radical (unpaired) electrons. The Labute approximate surface area is 115 Å². The van der Waals surface area contributed by atoms with E-state index in [-0.39, 0.29) is 5.37 Å². The van der Waals surface area contributed by atoms with E-state index in [0.717, 1.165) is 22.3 Å². The van der Waals surface area contributed by atoms with E-state index < -0.39 is 0 Å². The Bertz CT molecular complexity index is 606. The number of allylic oxidation sites excluding steroid dienone is 1. The van der Waals surface area contributed by atoms with Crippen molar-refractivity contribution in [2.75, 3.05) is 12.5 Å². The fourth-order valence-electron chi connectivity index (χ4n) is 1.91. The Morgan fingerprint density at radius 1 is 1.32 bits per heavy atom. The van der Waals surface area contributed by atoms with Gasteiger partial charge in [0.15, 0.2) is 5.82 Å². The lowest BCUT2D eigenvalue weighted by Gasteiger charge is -2.08. The second kappa shape index (κ2) is 4.97. The van der Waals surface area contributed by atoms with E-state index in [1.54, 1.807) is 18.9 Å². The summed E-state index contributed by atoms with van der Waals surface area (Å²) < 4.78 is 7.08. The van der Waals surface area contributed by atoms with Gasteiger partial charge in [-0.15, -0.1) is 10.2 Å². The lowest BCUT2D eigenvalue weighted by Crippen LogP contribution is -2.17. The van der Waals surface area contributed by atoms with Crippen molar-refractivity contribution in [2.45, 2.75) is 17.5 Å². The number of nitrogens with one attached hydrogen (secondary N) is 1. The van der Waals surface area contributed by atoms with Crippen molar-refractivity contribution in [3.05, 3.63) is 36.4 Å². The molecule has 1 aromatic carbocycles. The minimum absolute atomic E-state index is 0.215. The van der Waals surface area contributed by atoms with Crippen LogP contribution >= 0.6 is 11.8 Å². The number of aromatic nitrogens is 3. The van der Waals surface area contributed by atoms with Gasteiger partial charge in [0.05, 0.1) is 7.11 Å². The van der Waals surface area contributed by atoms with Gasteiger partial charge in [-0.3, -0.25) is 0 Å². The number of hydrogen-bond donors (Lipinski definition) is 1. The maximum absolute atomic E-state index is 5.16. The molecule has 0 bridgehead atoms. The van der Waals surface area contributed by atoms with E-state index in [2.05, 4.69) is 21.7 Å². The van der Waals surface area contributed by atoms with Crippen LogP contribution < -0.4 is 10.2 Å². The summed E-state index contributed by atoms with van der Waals surface area (Å²) in [6, 6.07) is 7.79. The molecule has 0 amide bonds. The third-order valence-electron chi connectivity index (χ3n) is 2.84. The molecule has 5 nitrogen and oxygen atoms in total. The molecule has 0 saturated heterocycles. The maximum atomic E-state index is 5.16. The van der Waals surface area contributed by atoms with Crippen LogP contribution in [0.3, 0.4) is 0 Å². The largest absolute Gasteiger partial charge is 0.497 e. The third-order valence-corrected chi connectivity index (χ3v) is 3.83. The van der Waals surface area contributed by atoms with E-state index in [0.29, 0.717) is 0 Å². The summed E-state index contributed by atoms with van der Waals surface area (Å²) in [5.74, 6) is 1.65. The SMILES string of the molecule is C/C=C/[C@@H]1Nn2c(nnc2-c2ccc(OC)cc2)S1. The molecular formula is C13H14N4OS. The predicted octanol–water partition coefficient (Wildman–Crippen LogP) is 2.51. The molecule has 0 fully saturated rings. The van der Waals surface area contributed by atoms with E-state index in [1.807, 2.05) is 41.9 Å². The van der Waals surface area contributed by atoms with Crippen LogP contribution in [0.1, 0.15) is 6.92 Å². The molecule has 19 heavy (non-hydrogen) atoms. The van der Waals surface area contributed by atoms with Crippen molar-refractivity contribution < 1.29 is 4.74 Å². The number of methoxy groups -OCH3 is 1. The fraction of sp³-hybridized carbons (Fsp3) is 0.231. The van der Waals surface area contributed by atoms with Gasteiger partial charge in [-0.25, -0.2) is 4.68 Å². The highest BCUT2D eigenvalue weighted by Crippen LogP contribution is 2.32. The van der Waals surface area contributed by atoms with Crippen LogP contribution in [0.25, 0.3) is 11.4 Å². The average molecular weight is 274 g/mol. The van der Waals surface area contributed by atoms with Gasteiger partial charge in [0.25, 0.3) is 0 Å². The summed E-state index contributed by atoms with van der Waals surface area (Å²) in [6.07, 6.45) is 4.12. The van der Waals surface area contributed by atoms with Crippen LogP contribution in [0, 0.1) is 0 Å². The average Bonchev–Trinajstić information content (AvgIpc) is 2.99. The summed E-state index contributed by atoms with van der Waals surface area (Å²) in [7, 11) is 1.66. The van der Waals surface area contributed by atoms with Crippen LogP contribution in [0.2, 0.25) is 0 Å². The standard InChI is InChI=1S/C13H14N4OS/c1-3-4-11-16-17-12(14-15-13(17)19-11)9-5-7-10(18-2)8-6-9/h3-8,11,16H,1-2H3/b4-3+/t11-/m1/s1. The molecule has 2 aromatic rings. The highest BCUT2D eigenvalue weighted by molar-refractivity contribution is 8.00. The Kier molecular flexibility index (Phi) is 3.16. The summed E-state index contributed by atoms with van der Waals surface area (Å²) >= 11 is 1.65. The predicted molar refractivity (Wildman–Crippen MR) is 75.8 cm³/mol. The molecule has 98 valence electrons. The molecule has 2 heterocycles. The van der Waals surface area contributed by atoms with Crippen LogP contribution in [-0.4, -0.2) is 27.4 Å². The zero-order valence-electron chi connectivity index (χ0n) is 10.7. The Hall–Kier alpha value is -1.95. The first-order valence-corrected chi connectivity index (χ1v) is 6.85. The van der Waals surface area contributed by atoms with Crippen LogP contribution in [-0.2, 0) is 0 Å². The number of thioether (sulfide) groups is 1. The molecule has 3 rings (SSSR count). The molecule has 0 spiro atoms. The topological polar surface area (TPSA) is 52.0 Å². The van der Waals surface area contributed by atoms with Gasteiger partial charge in [-0.1, -0.05) is 23.9 Å². The van der Waals surface area contributed by atoms with Gasteiger partial charge < -0.3 is 10.2 Å². The molecule has 6 heteroatoms. The van der Waals surface area contributed by atoms with Crippen molar-refractivity contribution >= 4 is 11.8 Å². The van der Waals surface area contributed by atoms with Crippen molar-refractivity contribution in [1.82, 2.24) is 14.9 Å². The van der Waals surface area contributed by atoms with E-state index in [4.69, 9.17) is 4.74 Å². The number of fused-ring (bicyclic) bond motifs is 1. The quantitative estimate of drug-likeness (QED) is 0.872. The Morgan fingerprint density at radius 3 is 2.79 bits per heavy atom. The highest BCUT2D eigenvalue weighted by atomic mass is 32.2.